The highest BCUT2D eigenvalue weighted by molar-refractivity contribution is 9.10. The topological polar surface area (TPSA) is 26.3 Å². The van der Waals surface area contributed by atoms with Crippen molar-refractivity contribution in [2.24, 2.45) is 0 Å². The van der Waals surface area contributed by atoms with Crippen molar-refractivity contribution < 1.29 is 9.53 Å². The zero-order valence-corrected chi connectivity index (χ0v) is 11.9. The van der Waals surface area contributed by atoms with Gasteiger partial charge in [-0.15, -0.1) is 11.6 Å². The number of methoxy groups -OCH3 is 1. The van der Waals surface area contributed by atoms with Crippen LogP contribution in [0.5, 0.6) is 5.75 Å². The lowest BCUT2D eigenvalue weighted by Crippen LogP contribution is -2.17. The molecule has 1 atom stereocenters. The van der Waals surface area contributed by atoms with Crippen LogP contribution in [0.1, 0.15) is 21.5 Å². The van der Waals surface area contributed by atoms with E-state index in [4.69, 9.17) is 16.3 Å². The Labute approximate surface area is 109 Å². The third-order valence-electron chi connectivity index (χ3n) is 2.43. The number of carbonyl (C=O) groups excluding carboxylic acids is 1. The summed E-state index contributed by atoms with van der Waals surface area (Å²) in [6.07, 6.45) is 0. The lowest BCUT2D eigenvalue weighted by molar-refractivity contribution is 0.0996. The Bertz CT molecular complexity index is 404. The Hall–Kier alpha value is -0.540. The molecule has 0 saturated carbocycles. The van der Waals surface area contributed by atoms with E-state index < -0.39 is 0 Å². The Kier molecular flexibility index (Phi) is 4.81. The van der Waals surface area contributed by atoms with Gasteiger partial charge in [0.05, 0.1) is 11.9 Å². The molecule has 0 aliphatic carbocycles. The van der Waals surface area contributed by atoms with Crippen molar-refractivity contribution in [1.29, 1.82) is 0 Å². The molecule has 0 heterocycles. The van der Waals surface area contributed by atoms with E-state index in [1.165, 1.54) is 0 Å². The molecule has 1 unspecified atom stereocenters. The lowest BCUT2D eigenvalue weighted by atomic mass is 10.00. The van der Waals surface area contributed by atoms with E-state index in [9.17, 15) is 4.79 Å². The predicted molar refractivity (Wildman–Crippen MR) is 70.2 cm³/mol. The molecule has 0 N–H and O–H groups in total. The smallest absolute Gasteiger partial charge is 0.177 e. The van der Waals surface area contributed by atoms with E-state index in [-0.39, 0.29) is 16.5 Å². The molecule has 2 nitrogen and oxygen atoms in total. The maximum absolute atomic E-state index is 12.0. The highest BCUT2D eigenvalue weighted by Gasteiger charge is 2.18. The third kappa shape index (κ3) is 2.77. The Morgan fingerprint density at radius 1 is 1.44 bits per heavy atom. The number of alkyl halides is 2. The minimum Gasteiger partial charge on any atom is -0.496 e. The van der Waals surface area contributed by atoms with Crippen LogP contribution in [0.4, 0.5) is 0 Å². The minimum absolute atomic E-state index is 0.0123. The SMILES string of the molecule is COc1cc(C)c(C(=O)C(Br)CCl)cc1C. The second-order valence-corrected chi connectivity index (χ2v) is 5.04. The number of hydrogen-bond donors (Lipinski definition) is 0. The average Bonchev–Trinajstić information content (AvgIpc) is 2.29. The number of hydrogen-bond acceptors (Lipinski definition) is 2. The molecule has 0 fully saturated rings. The van der Waals surface area contributed by atoms with Gasteiger partial charge in [-0.3, -0.25) is 4.79 Å². The lowest BCUT2D eigenvalue weighted by Gasteiger charge is -2.12. The van der Waals surface area contributed by atoms with Gasteiger partial charge in [-0.1, -0.05) is 15.9 Å². The first kappa shape index (κ1) is 13.5. The third-order valence-corrected chi connectivity index (χ3v) is 3.85. The monoisotopic (exact) mass is 304 g/mol. The number of aryl methyl sites for hydroxylation is 2. The highest BCUT2D eigenvalue weighted by Crippen LogP contribution is 2.24. The number of ether oxygens (including phenoxy) is 1. The number of carbonyl (C=O) groups is 1. The van der Waals surface area contributed by atoms with Crippen LogP contribution in [-0.2, 0) is 0 Å². The van der Waals surface area contributed by atoms with Crippen LogP contribution in [0.15, 0.2) is 12.1 Å². The summed E-state index contributed by atoms with van der Waals surface area (Å²) in [5.74, 6) is 1.08. The van der Waals surface area contributed by atoms with Gasteiger partial charge in [-0.2, -0.15) is 0 Å². The fourth-order valence-corrected chi connectivity index (χ4v) is 1.90. The molecular weight excluding hydrogens is 291 g/mol. The van der Waals surface area contributed by atoms with E-state index in [0.29, 0.717) is 5.56 Å². The van der Waals surface area contributed by atoms with Gasteiger partial charge in [0, 0.05) is 11.4 Å². The van der Waals surface area contributed by atoms with Crippen LogP contribution < -0.4 is 4.74 Å². The summed E-state index contributed by atoms with van der Waals surface area (Å²) in [6.45, 7) is 3.81. The van der Waals surface area contributed by atoms with E-state index in [2.05, 4.69) is 15.9 Å². The Morgan fingerprint density at radius 3 is 2.56 bits per heavy atom. The molecule has 1 rings (SSSR count). The molecule has 0 saturated heterocycles. The molecule has 16 heavy (non-hydrogen) atoms. The van der Waals surface area contributed by atoms with Crippen LogP contribution in [0.2, 0.25) is 0 Å². The van der Waals surface area contributed by atoms with Gasteiger partial charge in [-0.05, 0) is 37.1 Å². The number of rotatable bonds is 4. The average molecular weight is 306 g/mol. The molecular formula is C12H14BrClO2. The molecule has 0 aliphatic rings. The first-order chi connectivity index (χ1) is 7.51. The maximum atomic E-state index is 12.0. The largest absolute Gasteiger partial charge is 0.496 e. The van der Waals surface area contributed by atoms with E-state index in [0.717, 1.165) is 16.9 Å². The van der Waals surface area contributed by atoms with Crippen molar-refractivity contribution >= 4 is 33.3 Å². The summed E-state index contributed by atoms with van der Waals surface area (Å²) < 4.78 is 5.20. The second-order valence-electron chi connectivity index (χ2n) is 3.62. The molecule has 0 aliphatic heterocycles. The van der Waals surface area contributed by atoms with Crippen molar-refractivity contribution in [2.75, 3.05) is 13.0 Å². The molecule has 0 spiro atoms. The zero-order valence-electron chi connectivity index (χ0n) is 9.51. The van der Waals surface area contributed by atoms with Gasteiger partial charge in [0.25, 0.3) is 0 Å². The molecule has 88 valence electrons. The Morgan fingerprint density at radius 2 is 2.06 bits per heavy atom. The normalized spacial score (nSPS) is 12.3. The van der Waals surface area contributed by atoms with Crippen molar-refractivity contribution in [3.8, 4) is 5.75 Å². The first-order valence-corrected chi connectivity index (χ1v) is 6.35. The van der Waals surface area contributed by atoms with Gasteiger partial charge in [0.2, 0.25) is 0 Å². The molecule has 1 aromatic rings. The predicted octanol–water partition coefficient (Wildman–Crippen LogP) is 3.50. The summed E-state index contributed by atoms with van der Waals surface area (Å²) >= 11 is 8.92. The van der Waals surface area contributed by atoms with E-state index >= 15 is 0 Å². The molecule has 0 bridgehead atoms. The zero-order chi connectivity index (χ0) is 12.3. The van der Waals surface area contributed by atoms with E-state index in [1.807, 2.05) is 26.0 Å². The number of ketones is 1. The van der Waals surface area contributed by atoms with Crippen molar-refractivity contribution in [1.82, 2.24) is 0 Å². The fraction of sp³-hybridized carbons (Fsp3) is 0.417. The van der Waals surface area contributed by atoms with Gasteiger partial charge in [-0.25, -0.2) is 0 Å². The molecule has 0 aromatic heterocycles. The fourth-order valence-electron chi connectivity index (χ4n) is 1.51. The number of benzene rings is 1. The van der Waals surface area contributed by atoms with Crippen molar-refractivity contribution in [3.63, 3.8) is 0 Å². The van der Waals surface area contributed by atoms with Gasteiger partial charge in [0.15, 0.2) is 5.78 Å². The Balaban J connectivity index is 3.16. The summed E-state index contributed by atoms with van der Waals surface area (Å²) in [6, 6.07) is 3.72. The minimum atomic E-state index is -0.333. The molecule has 0 amide bonds. The van der Waals surface area contributed by atoms with Gasteiger partial charge >= 0.3 is 0 Å². The summed E-state index contributed by atoms with van der Waals surface area (Å²) in [7, 11) is 1.62. The molecule has 1 aromatic carbocycles. The van der Waals surface area contributed by atoms with Gasteiger partial charge < -0.3 is 4.74 Å². The van der Waals surface area contributed by atoms with Crippen LogP contribution in [0.3, 0.4) is 0 Å². The number of halogens is 2. The summed E-state index contributed by atoms with van der Waals surface area (Å²) in [4.78, 5) is 11.6. The van der Waals surface area contributed by atoms with E-state index in [1.54, 1.807) is 7.11 Å². The molecule has 0 radical (unpaired) electrons. The van der Waals surface area contributed by atoms with Crippen LogP contribution in [0.25, 0.3) is 0 Å². The van der Waals surface area contributed by atoms with Crippen molar-refractivity contribution in [2.45, 2.75) is 18.7 Å². The quantitative estimate of drug-likeness (QED) is 0.629. The number of Topliss-reactive ketones (excluding diaryl/α,β-unsaturated/α-hetero) is 1. The second kappa shape index (κ2) is 5.69. The highest BCUT2D eigenvalue weighted by atomic mass is 79.9. The molecule has 4 heteroatoms. The van der Waals surface area contributed by atoms with Crippen LogP contribution >= 0.6 is 27.5 Å². The van der Waals surface area contributed by atoms with Gasteiger partial charge in [0.1, 0.15) is 5.75 Å². The van der Waals surface area contributed by atoms with Crippen LogP contribution in [-0.4, -0.2) is 23.6 Å². The van der Waals surface area contributed by atoms with Crippen molar-refractivity contribution in [3.05, 3.63) is 28.8 Å². The standard InChI is InChI=1S/C12H14BrClO2/c1-7-5-11(16-3)8(2)4-9(7)12(15)10(13)6-14/h4-5,10H,6H2,1-3H3. The first-order valence-electron chi connectivity index (χ1n) is 4.90. The summed E-state index contributed by atoms with van der Waals surface area (Å²) in [5, 5.41) is 0. The summed E-state index contributed by atoms with van der Waals surface area (Å²) in [5.41, 5.74) is 2.55. The maximum Gasteiger partial charge on any atom is 0.177 e. The van der Waals surface area contributed by atoms with Crippen LogP contribution in [0, 0.1) is 13.8 Å².